The van der Waals surface area contributed by atoms with Gasteiger partial charge in [0.15, 0.2) is 0 Å². The Balaban J connectivity index is 1.81. The van der Waals surface area contributed by atoms with Crippen LogP contribution in [-0.2, 0) is 14.3 Å². The van der Waals surface area contributed by atoms with Gasteiger partial charge in [0.2, 0.25) is 5.91 Å². The van der Waals surface area contributed by atoms with E-state index in [2.05, 4.69) is 4.90 Å². The lowest BCUT2D eigenvalue weighted by Gasteiger charge is -2.30. The van der Waals surface area contributed by atoms with Gasteiger partial charge < -0.3 is 4.74 Å². The molecule has 0 bridgehead atoms. The van der Waals surface area contributed by atoms with Crippen molar-refractivity contribution in [3.8, 4) is 0 Å². The van der Waals surface area contributed by atoms with Crippen LogP contribution in [0.3, 0.4) is 0 Å². The van der Waals surface area contributed by atoms with E-state index >= 15 is 0 Å². The Labute approximate surface area is 118 Å². The van der Waals surface area contributed by atoms with Gasteiger partial charge >= 0.3 is 0 Å². The first-order valence-corrected chi connectivity index (χ1v) is 6.92. The summed E-state index contributed by atoms with van der Waals surface area (Å²) in [5.41, 5.74) is 1.78. The molecule has 0 aromatic heterocycles. The van der Waals surface area contributed by atoms with Gasteiger partial charge in [-0.25, -0.2) is 4.90 Å². The summed E-state index contributed by atoms with van der Waals surface area (Å²) < 4.78 is 5.29. The Hall–Kier alpha value is -1.72. The molecule has 0 saturated carbocycles. The summed E-state index contributed by atoms with van der Waals surface area (Å²) in [6, 6.07) is 7.16. The van der Waals surface area contributed by atoms with E-state index in [1.165, 1.54) is 4.90 Å². The van der Waals surface area contributed by atoms with E-state index in [0.717, 1.165) is 5.56 Å². The van der Waals surface area contributed by atoms with Crippen molar-refractivity contribution in [2.75, 3.05) is 31.2 Å². The Bertz CT molecular complexity index is 520. The molecule has 1 aromatic rings. The molecular weight excluding hydrogens is 256 g/mol. The normalized spacial score (nSPS) is 24.4. The molecule has 2 aliphatic rings. The average Bonchev–Trinajstić information content (AvgIpc) is 2.76. The van der Waals surface area contributed by atoms with Crippen LogP contribution in [0.4, 0.5) is 5.69 Å². The summed E-state index contributed by atoms with van der Waals surface area (Å²) in [7, 11) is 0. The second-order valence-electron chi connectivity index (χ2n) is 5.27. The molecular formula is C15H18N2O3. The van der Waals surface area contributed by atoms with E-state index in [1.807, 2.05) is 31.2 Å². The highest BCUT2D eigenvalue weighted by Gasteiger charge is 2.42. The molecule has 2 fully saturated rings. The summed E-state index contributed by atoms with van der Waals surface area (Å²) in [4.78, 5) is 28.1. The third-order valence-corrected chi connectivity index (χ3v) is 3.90. The number of nitrogens with zero attached hydrogens (tertiary/aromatic N) is 2. The zero-order valence-corrected chi connectivity index (χ0v) is 11.5. The number of anilines is 1. The molecule has 2 aliphatic heterocycles. The number of imide groups is 1. The molecule has 5 nitrogen and oxygen atoms in total. The fourth-order valence-corrected chi connectivity index (χ4v) is 2.76. The summed E-state index contributed by atoms with van der Waals surface area (Å²) >= 11 is 0. The first-order chi connectivity index (χ1) is 9.66. The molecule has 0 unspecified atom stereocenters. The number of carbonyl (C=O) groups excluding carboxylic acids is 2. The molecule has 2 saturated heterocycles. The van der Waals surface area contributed by atoms with Crippen molar-refractivity contribution in [1.82, 2.24) is 4.90 Å². The molecule has 0 spiro atoms. The highest BCUT2D eigenvalue weighted by molar-refractivity contribution is 6.22. The van der Waals surface area contributed by atoms with Crippen molar-refractivity contribution < 1.29 is 14.3 Å². The van der Waals surface area contributed by atoms with Gasteiger partial charge in [0, 0.05) is 13.1 Å². The molecule has 3 rings (SSSR count). The number of amides is 2. The summed E-state index contributed by atoms with van der Waals surface area (Å²) in [6.07, 6.45) is 0.271. The number of rotatable bonds is 2. The maximum atomic E-state index is 12.5. The van der Waals surface area contributed by atoms with Crippen LogP contribution in [0.2, 0.25) is 0 Å². The average molecular weight is 274 g/mol. The molecule has 1 atom stereocenters. The van der Waals surface area contributed by atoms with E-state index in [1.54, 1.807) is 0 Å². The van der Waals surface area contributed by atoms with Crippen molar-refractivity contribution >= 4 is 17.5 Å². The molecule has 1 aromatic carbocycles. The zero-order chi connectivity index (χ0) is 14.1. The quantitative estimate of drug-likeness (QED) is 0.754. The van der Waals surface area contributed by atoms with Gasteiger partial charge in [-0.2, -0.15) is 0 Å². The number of morpholine rings is 1. The van der Waals surface area contributed by atoms with Crippen LogP contribution in [0, 0.1) is 6.92 Å². The molecule has 5 heteroatoms. The predicted molar refractivity (Wildman–Crippen MR) is 74.5 cm³/mol. The number of ether oxygens (including phenoxy) is 1. The van der Waals surface area contributed by atoms with Crippen LogP contribution in [0.1, 0.15) is 12.0 Å². The van der Waals surface area contributed by atoms with Crippen molar-refractivity contribution in [3.63, 3.8) is 0 Å². The predicted octanol–water partition coefficient (Wildman–Crippen LogP) is 0.959. The van der Waals surface area contributed by atoms with Crippen molar-refractivity contribution in [1.29, 1.82) is 0 Å². The van der Waals surface area contributed by atoms with Gasteiger partial charge in [-0.05, 0) is 19.1 Å². The van der Waals surface area contributed by atoms with Gasteiger partial charge in [-0.3, -0.25) is 14.5 Å². The maximum Gasteiger partial charge on any atom is 0.251 e. The molecule has 0 radical (unpaired) electrons. The fourth-order valence-electron chi connectivity index (χ4n) is 2.76. The molecule has 2 heterocycles. The molecule has 106 valence electrons. The van der Waals surface area contributed by atoms with Gasteiger partial charge in [-0.15, -0.1) is 0 Å². The fraction of sp³-hybridized carbons (Fsp3) is 0.467. The molecule has 20 heavy (non-hydrogen) atoms. The Morgan fingerprint density at radius 3 is 2.40 bits per heavy atom. The SMILES string of the molecule is Cc1ccc(N2C(=O)C[C@H](N3CCOCC3)C2=O)cc1. The second-order valence-corrected chi connectivity index (χ2v) is 5.27. The molecule has 0 aliphatic carbocycles. The number of carbonyl (C=O) groups is 2. The highest BCUT2D eigenvalue weighted by Crippen LogP contribution is 2.26. The van der Waals surface area contributed by atoms with Crippen LogP contribution in [0.25, 0.3) is 0 Å². The topological polar surface area (TPSA) is 49.9 Å². The van der Waals surface area contributed by atoms with Crippen LogP contribution in [-0.4, -0.2) is 49.1 Å². The number of aryl methyl sites for hydroxylation is 1. The van der Waals surface area contributed by atoms with E-state index < -0.39 is 0 Å². The number of benzene rings is 1. The van der Waals surface area contributed by atoms with E-state index in [-0.39, 0.29) is 24.3 Å². The van der Waals surface area contributed by atoms with Crippen LogP contribution < -0.4 is 4.90 Å². The third-order valence-electron chi connectivity index (χ3n) is 3.90. The lowest BCUT2D eigenvalue weighted by atomic mass is 10.2. The van der Waals surface area contributed by atoms with Gasteiger partial charge in [0.1, 0.15) is 0 Å². The van der Waals surface area contributed by atoms with Crippen molar-refractivity contribution in [2.24, 2.45) is 0 Å². The van der Waals surface area contributed by atoms with Crippen LogP contribution in [0.5, 0.6) is 0 Å². The van der Waals surface area contributed by atoms with E-state index in [0.29, 0.717) is 32.0 Å². The van der Waals surface area contributed by atoms with Gasteiger partial charge in [-0.1, -0.05) is 17.7 Å². The van der Waals surface area contributed by atoms with Gasteiger partial charge in [0.05, 0.1) is 31.4 Å². The number of hydrogen-bond acceptors (Lipinski definition) is 4. The van der Waals surface area contributed by atoms with Gasteiger partial charge in [0.25, 0.3) is 5.91 Å². The van der Waals surface area contributed by atoms with Crippen LogP contribution in [0.15, 0.2) is 24.3 Å². The standard InChI is InChI=1S/C15H18N2O3/c1-11-2-4-12(5-3-11)17-14(18)10-13(15(17)19)16-6-8-20-9-7-16/h2-5,13H,6-10H2,1H3/t13-/m0/s1. The van der Waals surface area contributed by atoms with E-state index in [9.17, 15) is 9.59 Å². The third kappa shape index (κ3) is 2.34. The Kier molecular flexibility index (Phi) is 3.54. The zero-order valence-electron chi connectivity index (χ0n) is 11.5. The van der Waals surface area contributed by atoms with E-state index in [4.69, 9.17) is 4.74 Å². The minimum absolute atomic E-state index is 0.110. The largest absolute Gasteiger partial charge is 0.379 e. The Morgan fingerprint density at radius 2 is 1.75 bits per heavy atom. The smallest absolute Gasteiger partial charge is 0.251 e. The second kappa shape index (κ2) is 5.34. The summed E-state index contributed by atoms with van der Waals surface area (Å²) in [5.74, 6) is -0.226. The lowest BCUT2D eigenvalue weighted by molar-refractivity contribution is -0.123. The minimum atomic E-state index is -0.326. The van der Waals surface area contributed by atoms with Crippen LogP contribution >= 0.6 is 0 Å². The molecule has 0 N–H and O–H groups in total. The summed E-state index contributed by atoms with van der Waals surface area (Å²) in [5, 5.41) is 0. The van der Waals surface area contributed by atoms with Crippen molar-refractivity contribution in [2.45, 2.75) is 19.4 Å². The first kappa shape index (κ1) is 13.3. The first-order valence-electron chi connectivity index (χ1n) is 6.92. The number of hydrogen-bond donors (Lipinski definition) is 0. The van der Waals surface area contributed by atoms with Crippen molar-refractivity contribution in [3.05, 3.63) is 29.8 Å². The Morgan fingerprint density at radius 1 is 1.10 bits per heavy atom. The minimum Gasteiger partial charge on any atom is -0.379 e. The summed E-state index contributed by atoms with van der Waals surface area (Å²) in [6.45, 7) is 4.66. The monoisotopic (exact) mass is 274 g/mol. The highest BCUT2D eigenvalue weighted by atomic mass is 16.5. The maximum absolute atomic E-state index is 12.5. The lowest BCUT2D eigenvalue weighted by Crippen LogP contribution is -2.47. The molecule has 2 amide bonds.